The highest BCUT2D eigenvalue weighted by Crippen LogP contribution is 2.17. The molecule has 0 bridgehead atoms. The molecule has 4 heteroatoms. The number of likely N-dealkylation sites (N-methyl/N-ethyl adjacent to an activating group) is 1. The van der Waals surface area contributed by atoms with Gasteiger partial charge < -0.3 is 10.2 Å². The van der Waals surface area contributed by atoms with E-state index in [2.05, 4.69) is 34.1 Å². The van der Waals surface area contributed by atoms with Crippen LogP contribution < -0.4 is 5.32 Å². The summed E-state index contributed by atoms with van der Waals surface area (Å²) in [6, 6.07) is 0.821. The van der Waals surface area contributed by atoms with Crippen LogP contribution in [0.2, 0.25) is 0 Å². The van der Waals surface area contributed by atoms with Crippen molar-refractivity contribution < 1.29 is 0 Å². The lowest BCUT2D eigenvalue weighted by atomic mass is 10.2. The summed E-state index contributed by atoms with van der Waals surface area (Å²) in [4.78, 5) is 7.49. The van der Waals surface area contributed by atoms with Gasteiger partial charge in [0.15, 0.2) is 0 Å². The number of nitrogens with one attached hydrogen (secondary N) is 1. The maximum Gasteiger partial charge on any atom is 0.0110 e. The fourth-order valence-electron chi connectivity index (χ4n) is 3.13. The Kier molecular flexibility index (Phi) is 6.57. The third-order valence-electron chi connectivity index (χ3n) is 4.54. The molecular formula is C15H32N4. The van der Waals surface area contributed by atoms with Crippen molar-refractivity contribution in [3.8, 4) is 0 Å². The third kappa shape index (κ3) is 5.78. The van der Waals surface area contributed by atoms with Crippen molar-refractivity contribution in [3.63, 3.8) is 0 Å². The van der Waals surface area contributed by atoms with Crippen LogP contribution in [0, 0.1) is 0 Å². The minimum Gasteiger partial charge on any atom is -0.313 e. The summed E-state index contributed by atoms with van der Waals surface area (Å²) in [5.74, 6) is 0. The summed E-state index contributed by atoms with van der Waals surface area (Å²) in [5.41, 5.74) is 0. The van der Waals surface area contributed by atoms with Gasteiger partial charge in [-0.05, 0) is 26.9 Å². The van der Waals surface area contributed by atoms with Gasteiger partial charge in [0.25, 0.3) is 0 Å². The summed E-state index contributed by atoms with van der Waals surface area (Å²) in [6.07, 6.45) is 5.67. The summed E-state index contributed by atoms with van der Waals surface area (Å²) in [6.45, 7) is 9.82. The molecule has 2 fully saturated rings. The highest BCUT2D eigenvalue weighted by Gasteiger charge is 2.17. The van der Waals surface area contributed by atoms with Crippen LogP contribution in [0.25, 0.3) is 0 Å². The van der Waals surface area contributed by atoms with Gasteiger partial charge in [0.2, 0.25) is 0 Å². The molecule has 0 radical (unpaired) electrons. The zero-order valence-corrected chi connectivity index (χ0v) is 12.9. The van der Waals surface area contributed by atoms with E-state index in [1.165, 1.54) is 78.0 Å². The highest BCUT2D eigenvalue weighted by molar-refractivity contribution is 4.76. The van der Waals surface area contributed by atoms with E-state index in [1.54, 1.807) is 0 Å². The Morgan fingerprint density at radius 2 is 1.53 bits per heavy atom. The Balaban J connectivity index is 1.50. The molecule has 19 heavy (non-hydrogen) atoms. The number of piperazine rings is 1. The second kappa shape index (κ2) is 8.20. The normalized spacial score (nSPS) is 23.5. The average molecular weight is 268 g/mol. The lowest BCUT2D eigenvalue weighted by Gasteiger charge is -2.35. The molecule has 0 spiro atoms. The minimum absolute atomic E-state index is 0.821. The van der Waals surface area contributed by atoms with Gasteiger partial charge in [0.05, 0.1) is 0 Å². The molecule has 112 valence electrons. The maximum absolute atomic E-state index is 3.72. The minimum atomic E-state index is 0.821. The monoisotopic (exact) mass is 268 g/mol. The van der Waals surface area contributed by atoms with Crippen LogP contribution in [0.4, 0.5) is 0 Å². The van der Waals surface area contributed by atoms with Crippen molar-refractivity contribution >= 4 is 0 Å². The first-order chi connectivity index (χ1) is 9.24. The predicted octanol–water partition coefficient (Wildman–Crippen LogP) is 0.698. The van der Waals surface area contributed by atoms with Crippen LogP contribution in [0.3, 0.4) is 0 Å². The molecule has 1 heterocycles. The fraction of sp³-hybridized carbons (Fsp3) is 1.00. The van der Waals surface area contributed by atoms with E-state index in [1.807, 2.05) is 0 Å². The van der Waals surface area contributed by atoms with Crippen molar-refractivity contribution in [3.05, 3.63) is 0 Å². The van der Waals surface area contributed by atoms with Gasteiger partial charge in [-0.2, -0.15) is 0 Å². The molecule has 0 atom stereocenters. The lowest BCUT2D eigenvalue weighted by Crippen LogP contribution is -2.49. The van der Waals surface area contributed by atoms with Gasteiger partial charge in [0.1, 0.15) is 0 Å². The predicted molar refractivity (Wildman–Crippen MR) is 81.7 cm³/mol. The molecule has 1 saturated heterocycles. The molecule has 0 amide bonds. The number of rotatable bonds is 7. The molecule has 1 aliphatic heterocycles. The zero-order valence-electron chi connectivity index (χ0n) is 12.9. The van der Waals surface area contributed by atoms with Gasteiger partial charge in [-0.25, -0.2) is 0 Å². The SMILES string of the molecule is CN(C)CCN1CCN(CCNC2CCCC2)CC1. The Bertz CT molecular complexity index is 230. The summed E-state index contributed by atoms with van der Waals surface area (Å²) in [5, 5.41) is 3.72. The molecule has 0 aromatic carbocycles. The Morgan fingerprint density at radius 3 is 2.11 bits per heavy atom. The van der Waals surface area contributed by atoms with Crippen LogP contribution in [-0.4, -0.2) is 87.2 Å². The van der Waals surface area contributed by atoms with Crippen molar-refractivity contribution in [1.29, 1.82) is 0 Å². The van der Waals surface area contributed by atoms with Gasteiger partial charge in [0, 0.05) is 58.4 Å². The molecule has 1 N–H and O–H groups in total. The van der Waals surface area contributed by atoms with Crippen molar-refractivity contribution in [2.75, 3.05) is 66.5 Å². The topological polar surface area (TPSA) is 21.8 Å². The fourth-order valence-corrected chi connectivity index (χ4v) is 3.13. The van der Waals surface area contributed by atoms with E-state index < -0.39 is 0 Å². The van der Waals surface area contributed by atoms with Crippen LogP contribution in [0.5, 0.6) is 0 Å². The molecule has 0 aromatic rings. The largest absolute Gasteiger partial charge is 0.313 e. The molecule has 2 aliphatic rings. The van der Waals surface area contributed by atoms with Gasteiger partial charge in [-0.3, -0.25) is 9.80 Å². The third-order valence-corrected chi connectivity index (χ3v) is 4.54. The average Bonchev–Trinajstić information content (AvgIpc) is 2.91. The molecule has 4 nitrogen and oxygen atoms in total. The number of hydrogen-bond acceptors (Lipinski definition) is 4. The van der Waals surface area contributed by atoms with E-state index >= 15 is 0 Å². The molecule has 1 aliphatic carbocycles. The van der Waals surface area contributed by atoms with Crippen molar-refractivity contribution in [2.24, 2.45) is 0 Å². The second-order valence-electron chi connectivity index (χ2n) is 6.42. The van der Waals surface area contributed by atoms with Gasteiger partial charge >= 0.3 is 0 Å². The van der Waals surface area contributed by atoms with Gasteiger partial charge in [-0.15, -0.1) is 0 Å². The first-order valence-corrected chi connectivity index (χ1v) is 8.07. The molecular weight excluding hydrogens is 236 g/mol. The Hall–Kier alpha value is -0.160. The van der Waals surface area contributed by atoms with Crippen molar-refractivity contribution in [2.45, 2.75) is 31.7 Å². The van der Waals surface area contributed by atoms with E-state index in [9.17, 15) is 0 Å². The van der Waals surface area contributed by atoms with Crippen molar-refractivity contribution in [1.82, 2.24) is 20.0 Å². The quantitative estimate of drug-likeness (QED) is 0.733. The highest BCUT2D eigenvalue weighted by atomic mass is 15.3. The molecule has 1 saturated carbocycles. The second-order valence-corrected chi connectivity index (χ2v) is 6.42. The van der Waals surface area contributed by atoms with Crippen LogP contribution in [0.15, 0.2) is 0 Å². The lowest BCUT2D eigenvalue weighted by molar-refractivity contribution is 0.125. The first kappa shape index (κ1) is 15.2. The van der Waals surface area contributed by atoms with Crippen LogP contribution >= 0.6 is 0 Å². The van der Waals surface area contributed by atoms with E-state index in [4.69, 9.17) is 0 Å². The maximum atomic E-state index is 3.72. The summed E-state index contributed by atoms with van der Waals surface area (Å²) in [7, 11) is 4.32. The molecule has 0 unspecified atom stereocenters. The van der Waals surface area contributed by atoms with E-state index in [-0.39, 0.29) is 0 Å². The summed E-state index contributed by atoms with van der Waals surface area (Å²) < 4.78 is 0. The standard InChI is InChI=1S/C15H32N4/c1-17(2)9-10-19-13-11-18(12-14-19)8-7-16-15-5-3-4-6-15/h15-16H,3-14H2,1-2H3. The zero-order chi connectivity index (χ0) is 13.5. The Labute approximate surface area is 119 Å². The first-order valence-electron chi connectivity index (χ1n) is 8.07. The summed E-state index contributed by atoms with van der Waals surface area (Å²) >= 11 is 0. The van der Waals surface area contributed by atoms with Crippen LogP contribution in [0.1, 0.15) is 25.7 Å². The smallest absolute Gasteiger partial charge is 0.0110 e. The van der Waals surface area contributed by atoms with E-state index in [0.29, 0.717) is 0 Å². The van der Waals surface area contributed by atoms with Gasteiger partial charge in [-0.1, -0.05) is 12.8 Å². The number of nitrogens with zero attached hydrogens (tertiary/aromatic N) is 3. The molecule has 0 aromatic heterocycles. The number of hydrogen-bond donors (Lipinski definition) is 1. The van der Waals surface area contributed by atoms with E-state index in [0.717, 1.165) is 6.04 Å². The Morgan fingerprint density at radius 1 is 0.947 bits per heavy atom. The molecule has 2 rings (SSSR count). The van der Waals surface area contributed by atoms with Crippen LogP contribution in [-0.2, 0) is 0 Å².